The number of halogens is 3. The van der Waals surface area contributed by atoms with Crippen LogP contribution in [0.2, 0.25) is 0 Å². The quantitative estimate of drug-likeness (QED) is 0.791. The fourth-order valence-electron chi connectivity index (χ4n) is 1.65. The molecule has 1 aromatic carbocycles. The lowest BCUT2D eigenvalue weighted by Gasteiger charge is -2.09. The molecule has 0 N–H and O–H groups in total. The average molecular weight is 254 g/mol. The third kappa shape index (κ3) is 2.39. The Morgan fingerprint density at radius 1 is 1.11 bits per heavy atom. The van der Waals surface area contributed by atoms with Gasteiger partial charge in [0, 0.05) is 0 Å². The molecule has 2 rings (SSSR count). The van der Waals surface area contributed by atoms with Crippen molar-refractivity contribution in [1.29, 1.82) is 0 Å². The van der Waals surface area contributed by atoms with Crippen LogP contribution < -0.4 is 0 Å². The first-order chi connectivity index (χ1) is 8.39. The second kappa shape index (κ2) is 4.48. The van der Waals surface area contributed by atoms with Crippen molar-refractivity contribution in [1.82, 2.24) is 9.78 Å². The van der Waals surface area contributed by atoms with Crippen LogP contribution in [0.25, 0.3) is 5.69 Å². The van der Waals surface area contributed by atoms with E-state index >= 15 is 0 Å². The Balaban J connectivity index is 2.59. The van der Waals surface area contributed by atoms with Gasteiger partial charge in [-0.05, 0) is 24.1 Å². The highest BCUT2D eigenvalue weighted by Gasteiger charge is 2.36. The summed E-state index contributed by atoms with van der Waals surface area (Å²) in [5.41, 5.74) is 0.111. The Morgan fingerprint density at radius 3 is 2.22 bits per heavy atom. The number of hydrogen-bond acceptors (Lipinski definition) is 1. The third-order valence-corrected chi connectivity index (χ3v) is 2.61. The number of para-hydroxylation sites is 1. The van der Waals surface area contributed by atoms with Gasteiger partial charge in [-0.2, -0.15) is 18.3 Å². The molecule has 0 aliphatic rings. The van der Waals surface area contributed by atoms with E-state index in [0.29, 0.717) is 11.4 Å². The maximum absolute atomic E-state index is 12.9. The largest absolute Gasteiger partial charge is 0.433 e. The van der Waals surface area contributed by atoms with Crippen LogP contribution in [0.4, 0.5) is 13.2 Å². The Kier molecular flexibility index (Phi) is 3.15. The SMILES string of the molecule is CC(C)c1cc(C(F)(F)F)n(-c2ccccc2)n1. The van der Waals surface area contributed by atoms with Crippen molar-refractivity contribution >= 4 is 0 Å². The highest BCUT2D eigenvalue weighted by molar-refractivity contribution is 5.34. The third-order valence-electron chi connectivity index (χ3n) is 2.61. The second-order valence-corrected chi connectivity index (χ2v) is 4.35. The van der Waals surface area contributed by atoms with Crippen LogP contribution in [-0.4, -0.2) is 9.78 Å². The van der Waals surface area contributed by atoms with Gasteiger partial charge in [0.2, 0.25) is 0 Å². The van der Waals surface area contributed by atoms with Gasteiger partial charge in [-0.3, -0.25) is 0 Å². The molecule has 0 atom stereocenters. The van der Waals surface area contributed by atoms with E-state index in [1.54, 1.807) is 30.3 Å². The summed E-state index contributed by atoms with van der Waals surface area (Å²) < 4.78 is 39.8. The van der Waals surface area contributed by atoms with Gasteiger partial charge in [0.05, 0.1) is 11.4 Å². The van der Waals surface area contributed by atoms with E-state index in [1.165, 1.54) is 0 Å². The predicted molar refractivity (Wildman–Crippen MR) is 62.7 cm³/mol. The monoisotopic (exact) mass is 254 g/mol. The predicted octanol–water partition coefficient (Wildman–Crippen LogP) is 4.01. The van der Waals surface area contributed by atoms with Gasteiger partial charge in [0.25, 0.3) is 0 Å². The lowest BCUT2D eigenvalue weighted by molar-refractivity contribution is -0.142. The lowest BCUT2D eigenvalue weighted by Crippen LogP contribution is -2.13. The number of benzene rings is 1. The highest BCUT2D eigenvalue weighted by Crippen LogP contribution is 2.32. The van der Waals surface area contributed by atoms with Crippen LogP contribution in [0.5, 0.6) is 0 Å². The van der Waals surface area contributed by atoms with Crippen molar-refractivity contribution < 1.29 is 13.2 Å². The number of aromatic nitrogens is 2. The smallest absolute Gasteiger partial charge is 0.228 e. The maximum atomic E-state index is 12.9. The Morgan fingerprint density at radius 2 is 1.72 bits per heavy atom. The molecule has 18 heavy (non-hydrogen) atoms. The number of nitrogens with zero attached hydrogens (tertiary/aromatic N) is 2. The minimum atomic E-state index is -4.41. The van der Waals surface area contributed by atoms with E-state index in [0.717, 1.165) is 10.7 Å². The number of alkyl halides is 3. The molecule has 1 heterocycles. The van der Waals surface area contributed by atoms with E-state index in [9.17, 15) is 13.2 Å². The van der Waals surface area contributed by atoms with Gasteiger partial charge in [-0.25, -0.2) is 4.68 Å². The van der Waals surface area contributed by atoms with Crippen LogP contribution >= 0.6 is 0 Å². The molecule has 0 spiro atoms. The minimum Gasteiger partial charge on any atom is -0.228 e. The summed E-state index contributed by atoms with van der Waals surface area (Å²) in [7, 11) is 0. The van der Waals surface area contributed by atoms with Crippen LogP contribution in [0.1, 0.15) is 31.2 Å². The zero-order chi connectivity index (χ0) is 13.3. The molecule has 0 radical (unpaired) electrons. The van der Waals surface area contributed by atoms with Crippen LogP contribution in [0, 0.1) is 0 Å². The number of rotatable bonds is 2. The first kappa shape index (κ1) is 12.7. The zero-order valence-corrected chi connectivity index (χ0v) is 10.1. The molecule has 2 aromatic rings. The van der Waals surface area contributed by atoms with Crippen molar-refractivity contribution in [3.63, 3.8) is 0 Å². The summed E-state index contributed by atoms with van der Waals surface area (Å²) in [6, 6.07) is 9.44. The molecule has 0 fully saturated rings. The van der Waals surface area contributed by atoms with Gasteiger partial charge in [-0.15, -0.1) is 0 Å². The van der Waals surface area contributed by atoms with E-state index in [4.69, 9.17) is 0 Å². The zero-order valence-electron chi connectivity index (χ0n) is 10.1. The van der Waals surface area contributed by atoms with Crippen LogP contribution in [0.15, 0.2) is 36.4 Å². The molecular weight excluding hydrogens is 241 g/mol. The topological polar surface area (TPSA) is 17.8 Å². The molecular formula is C13H13F3N2. The van der Waals surface area contributed by atoms with Gasteiger partial charge >= 0.3 is 6.18 Å². The molecule has 0 aliphatic heterocycles. The molecule has 96 valence electrons. The first-order valence-corrected chi connectivity index (χ1v) is 5.62. The molecule has 0 saturated heterocycles. The summed E-state index contributed by atoms with van der Waals surface area (Å²) in [6.07, 6.45) is -4.41. The normalized spacial score (nSPS) is 12.1. The van der Waals surface area contributed by atoms with Crippen molar-refractivity contribution in [2.45, 2.75) is 25.9 Å². The summed E-state index contributed by atoms with van der Waals surface area (Å²) in [4.78, 5) is 0. The van der Waals surface area contributed by atoms with E-state index in [1.807, 2.05) is 13.8 Å². The van der Waals surface area contributed by atoms with Crippen molar-refractivity contribution in [2.24, 2.45) is 0 Å². The van der Waals surface area contributed by atoms with Crippen molar-refractivity contribution in [2.75, 3.05) is 0 Å². The molecule has 0 unspecified atom stereocenters. The van der Waals surface area contributed by atoms with Crippen molar-refractivity contribution in [3.8, 4) is 5.69 Å². The molecule has 0 aliphatic carbocycles. The summed E-state index contributed by atoms with van der Waals surface area (Å²) in [5.74, 6) is -0.0453. The molecule has 0 amide bonds. The molecule has 0 saturated carbocycles. The van der Waals surface area contributed by atoms with Gasteiger partial charge in [0.15, 0.2) is 0 Å². The fourth-order valence-corrected chi connectivity index (χ4v) is 1.65. The molecule has 1 aromatic heterocycles. The average Bonchev–Trinajstić information content (AvgIpc) is 2.74. The van der Waals surface area contributed by atoms with Crippen molar-refractivity contribution in [3.05, 3.63) is 47.8 Å². The molecule has 2 nitrogen and oxygen atoms in total. The number of hydrogen-bond donors (Lipinski definition) is 0. The van der Waals surface area contributed by atoms with Crippen LogP contribution in [-0.2, 0) is 6.18 Å². The van der Waals surface area contributed by atoms with Crippen LogP contribution in [0.3, 0.4) is 0 Å². The maximum Gasteiger partial charge on any atom is 0.433 e. The standard InChI is InChI=1S/C13H13F3N2/c1-9(2)11-8-12(13(14,15)16)18(17-11)10-6-4-3-5-7-10/h3-9H,1-2H3. The highest BCUT2D eigenvalue weighted by atomic mass is 19.4. The minimum absolute atomic E-state index is 0.0453. The Hall–Kier alpha value is -1.78. The summed E-state index contributed by atoms with van der Waals surface area (Å²) >= 11 is 0. The van der Waals surface area contributed by atoms with E-state index in [2.05, 4.69) is 5.10 Å². The van der Waals surface area contributed by atoms with E-state index in [-0.39, 0.29) is 5.92 Å². The summed E-state index contributed by atoms with van der Waals surface area (Å²) in [5, 5.41) is 4.04. The van der Waals surface area contributed by atoms with E-state index < -0.39 is 11.9 Å². The van der Waals surface area contributed by atoms with Gasteiger partial charge < -0.3 is 0 Å². The van der Waals surface area contributed by atoms with Gasteiger partial charge in [-0.1, -0.05) is 32.0 Å². The first-order valence-electron chi connectivity index (χ1n) is 5.62. The molecule has 5 heteroatoms. The summed E-state index contributed by atoms with van der Waals surface area (Å²) in [6.45, 7) is 3.63. The lowest BCUT2D eigenvalue weighted by atomic mass is 10.1. The Bertz CT molecular complexity index is 527. The molecule has 0 bridgehead atoms. The fraction of sp³-hybridized carbons (Fsp3) is 0.308. The Labute approximate surface area is 103 Å². The van der Waals surface area contributed by atoms with Gasteiger partial charge in [0.1, 0.15) is 5.69 Å². The second-order valence-electron chi connectivity index (χ2n) is 4.35.